The quantitative estimate of drug-likeness (QED) is 0.457. The molecule has 0 atom stereocenters. The second kappa shape index (κ2) is 9.29. The molecule has 1 aliphatic heterocycles. The topological polar surface area (TPSA) is 18.5 Å². The molecule has 1 saturated heterocycles. The standard InChI is InChI=1S/C25H24F2O2S/c1-28-25(10-12-29-13-11-25)20-15-22(27)17-24(16-20)30-23-8-4-19(5-9-23)14-18-2-6-21(26)7-3-18/h2-9,15-17H,10-14H2,1H3. The monoisotopic (exact) mass is 426 g/mol. The van der Waals surface area contributed by atoms with Gasteiger partial charge in [-0.3, -0.25) is 0 Å². The molecule has 1 fully saturated rings. The summed E-state index contributed by atoms with van der Waals surface area (Å²) in [6.45, 7) is 1.23. The summed E-state index contributed by atoms with van der Waals surface area (Å²) in [5, 5.41) is 0. The van der Waals surface area contributed by atoms with Crippen LogP contribution in [0.2, 0.25) is 0 Å². The second-order valence-electron chi connectivity index (χ2n) is 7.54. The largest absolute Gasteiger partial charge is 0.381 e. The summed E-state index contributed by atoms with van der Waals surface area (Å²) in [7, 11) is 1.68. The molecule has 0 aliphatic carbocycles. The molecular formula is C25H24F2O2S. The first-order chi connectivity index (χ1) is 14.6. The Balaban J connectivity index is 1.50. The van der Waals surface area contributed by atoms with Crippen LogP contribution in [0.4, 0.5) is 8.78 Å². The molecule has 0 N–H and O–H groups in total. The van der Waals surface area contributed by atoms with Gasteiger partial charge in [-0.2, -0.15) is 0 Å². The predicted molar refractivity (Wildman–Crippen MR) is 115 cm³/mol. The number of hydrogen-bond acceptors (Lipinski definition) is 3. The molecule has 4 rings (SSSR count). The number of benzene rings is 3. The van der Waals surface area contributed by atoms with Crippen molar-refractivity contribution < 1.29 is 18.3 Å². The van der Waals surface area contributed by atoms with E-state index in [0.29, 0.717) is 13.2 Å². The Kier molecular flexibility index (Phi) is 6.52. The van der Waals surface area contributed by atoms with Gasteiger partial charge in [0.15, 0.2) is 0 Å². The van der Waals surface area contributed by atoms with Crippen molar-refractivity contribution >= 4 is 11.8 Å². The SMILES string of the molecule is COC1(c2cc(F)cc(Sc3ccc(Cc4ccc(F)cc4)cc3)c2)CCOCC1. The molecular weight excluding hydrogens is 402 g/mol. The Bertz CT molecular complexity index is 981. The normalized spacial score (nSPS) is 15.8. The van der Waals surface area contributed by atoms with Crippen molar-refractivity contribution in [3.05, 3.63) is 95.1 Å². The first-order valence-electron chi connectivity index (χ1n) is 10.0. The van der Waals surface area contributed by atoms with E-state index in [-0.39, 0.29) is 11.6 Å². The van der Waals surface area contributed by atoms with Crippen molar-refractivity contribution in [1.82, 2.24) is 0 Å². The van der Waals surface area contributed by atoms with E-state index in [0.717, 1.165) is 45.7 Å². The lowest BCUT2D eigenvalue weighted by molar-refractivity contribution is -0.0950. The number of ether oxygens (including phenoxy) is 2. The third-order valence-electron chi connectivity index (χ3n) is 5.57. The van der Waals surface area contributed by atoms with Crippen LogP contribution in [0.5, 0.6) is 0 Å². The van der Waals surface area contributed by atoms with E-state index in [1.807, 2.05) is 18.2 Å². The smallest absolute Gasteiger partial charge is 0.124 e. The van der Waals surface area contributed by atoms with Gasteiger partial charge in [0.2, 0.25) is 0 Å². The van der Waals surface area contributed by atoms with E-state index >= 15 is 0 Å². The van der Waals surface area contributed by atoms with Crippen molar-refractivity contribution in [2.75, 3.05) is 20.3 Å². The molecule has 2 nitrogen and oxygen atoms in total. The zero-order valence-corrected chi connectivity index (χ0v) is 17.7. The van der Waals surface area contributed by atoms with Crippen molar-refractivity contribution in [1.29, 1.82) is 0 Å². The number of methoxy groups -OCH3 is 1. The Labute approximate surface area is 180 Å². The van der Waals surface area contributed by atoms with Crippen LogP contribution in [0, 0.1) is 11.6 Å². The Hall–Kier alpha value is -2.21. The highest BCUT2D eigenvalue weighted by Crippen LogP contribution is 2.39. The summed E-state index contributed by atoms with van der Waals surface area (Å²) >= 11 is 1.53. The Morgan fingerprint density at radius 2 is 1.47 bits per heavy atom. The van der Waals surface area contributed by atoms with E-state index in [1.165, 1.54) is 23.9 Å². The van der Waals surface area contributed by atoms with E-state index in [9.17, 15) is 8.78 Å². The summed E-state index contributed by atoms with van der Waals surface area (Å²) in [5.41, 5.74) is 2.58. The lowest BCUT2D eigenvalue weighted by Crippen LogP contribution is -2.35. The maximum absolute atomic E-state index is 14.4. The van der Waals surface area contributed by atoms with Crippen molar-refractivity contribution in [3.63, 3.8) is 0 Å². The number of rotatable bonds is 6. The van der Waals surface area contributed by atoms with E-state index in [1.54, 1.807) is 31.4 Å². The zero-order chi connectivity index (χ0) is 21.0. The van der Waals surface area contributed by atoms with Gasteiger partial charge in [-0.1, -0.05) is 36.0 Å². The molecule has 3 aromatic rings. The highest BCUT2D eigenvalue weighted by Gasteiger charge is 2.35. The highest BCUT2D eigenvalue weighted by molar-refractivity contribution is 7.99. The molecule has 0 radical (unpaired) electrons. The summed E-state index contributed by atoms with van der Waals surface area (Å²) in [5.74, 6) is -0.484. The second-order valence-corrected chi connectivity index (χ2v) is 8.68. The predicted octanol–water partition coefficient (Wildman–Crippen LogP) is 6.36. The number of halogens is 2. The first kappa shape index (κ1) is 21.0. The lowest BCUT2D eigenvalue weighted by atomic mass is 9.86. The molecule has 5 heteroatoms. The molecule has 0 spiro atoms. The average molecular weight is 427 g/mol. The van der Waals surface area contributed by atoms with Gasteiger partial charge in [0.1, 0.15) is 11.6 Å². The van der Waals surface area contributed by atoms with Crippen LogP contribution in [-0.2, 0) is 21.5 Å². The first-order valence-corrected chi connectivity index (χ1v) is 10.8. The molecule has 0 aromatic heterocycles. The fourth-order valence-corrected chi connectivity index (χ4v) is 4.75. The van der Waals surface area contributed by atoms with Crippen LogP contribution < -0.4 is 0 Å². The fourth-order valence-electron chi connectivity index (χ4n) is 3.85. The maximum atomic E-state index is 14.4. The van der Waals surface area contributed by atoms with Crippen LogP contribution in [0.15, 0.2) is 76.5 Å². The molecule has 0 bridgehead atoms. The third-order valence-corrected chi connectivity index (χ3v) is 6.55. The molecule has 0 unspecified atom stereocenters. The van der Waals surface area contributed by atoms with Crippen molar-refractivity contribution in [2.24, 2.45) is 0 Å². The van der Waals surface area contributed by atoms with Crippen LogP contribution >= 0.6 is 11.8 Å². The Morgan fingerprint density at radius 3 is 2.10 bits per heavy atom. The lowest BCUT2D eigenvalue weighted by Gasteiger charge is -2.36. The molecule has 30 heavy (non-hydrogen) atoms. The average Bonchev–Trinajstić information content (AvgIpc) is 2.77. The molecule has 1 aliphatic rings. The van der Waals surface area contributed by atoms with Gasteiger partial charge in [-0.25, -0.2) is 8.78 Å². The molecule has 156 valence electrons. The van der Waals surface area contributed by atoms with Gasteiger partial charge < -0.3 is 9.47 Å². The summed E-state index contributed by atoms with van der Waals surface area (Å²) in [6, 6.07) is 19.9. The highest BCUT2D eigenvalue weighted by atomic mass is 32.2. The number of hydrogen-bond donors (Lipinski definition) is 0. The van der Waals surface area contributed by atoms with E-state index in [4.69, 9.17) is 9.47 Å². The Morgan fingerprint density at radius 1 is 0.833 bits per heavy atom. The van der Waals surface area contributed by atoms with Gasteiger partial charge in [-0.05, 0) is 65.6 Å². The van der Waals surface area contributed by atoms with Gasteiger partial charge >= 0.3 is 0 Å². The van der Waals surface area contributed by atoms with Crippen LogP contribution in [0.25, 0.3) is 0 Å². The third kappa shape index (κ3) is 4.91. The summed E-state index contributed by atoms with van der Waals surface area (Å²) in [6.07, 6.45) is 2.18. The minimum Gasteiger partial charge on any atom is -0.381 e. The van der Waals surface area contributed by atoms with E-state index in [2.05, 4.69) is 12.1 Å². The van der Waals surface area contributed by atoms with Gasteiger partial charge in [0.05, 0.1) is 5.60 Å². The van der Waals surface area contributed by atoms with Crippen molar-refractivity contribution in [3.8, 4) is 0 Å². The van der Waals surface area contributed by atoms with Gasteiger partial charge in [-0.15, -0.1) is 0 Å². The van der Waals surface area contributed by atoms with Crippen LogP contribution in [0.3, 0.4) is 0 Å². The van der Waals surface area contributed by atoms with Crippen molar-refractivity contribution in [2.45, 2.75) is 34.7 Å². The molecule has 1 heterocycles. The van der Waals surface area contributed by atoms with Gasteiger partial charge in [0, 0.05) is 43.0 Å². The van der Waals surface area contributed by atoms with Crippen LogP contribution in [0.1, 0.15) is 29.5 Å². The fraction of sp³-hybridized carbons (Fsp3) is 0.280. The summed E-state index contributed by atoms with van der Waals surface area (Å²) in [4.78, 5) is 1.88. The molecule has 0 amide bonds. The van der Waals surface area contributed by atoms with E-state index < -0.39 is 5.60 Å². The molecule has 0 saturated carbocycles. The molecule has 3 aromatic carbocycles. The zero-order valence-electron chi connectivity index (χ0n) is 16.9. The minimum absolute atomic E-state index is 0.226. The van der Waals surface area contributed by atoms with Gasteiger partial charge in [0.25, 0.3) is 0 Å². The minimum atomic E-state index is -0.491. The maximum Gasteiger partial charge on any atom is 0.124 e. The summed E-state index contributed by atoms with van der Waals surface area (Å²) < 4.78 is 38.8. The van der Waals surface area contributed by atoms with Crippen LogP contribution in [-0.4, -0.2) is 20.3 Å².